The van der Waals surface area contributed by atoms with Crippen LogP contribution in [0, 0.1) is 0 Å². The van der Waals surface area contributed by atoms with Gasteiger partial charge in [0.1, 0.15) is 17.4 Å². The van der Waals surface area contributed by atoms with Crippen LogP contribution in [0.4, 0.5) is 0 Å². The fourth-order valence-corrected chi connectivity index (χ4v) is 3.84. The highest BCUT2D eigenvalue weighted by atomic mass is 16.5. The summed E-state index contributed by atoms with van der Waals surface area (Å²) in [6.07, 6.45) is 4.46. The third kappa shape index (κ3) is 3.02. The predicted molar refractivity (Wildman–Crippen MR) is 92.6 cm³/mol. The summed E-state index contributed by atoms with van der Waals surface area (Å²) in [5.74, 6) is -0.561. The van der Waals surface area contributed by atoms with Gasteiger partial charge in [-0.1, -0.05) is 0 Å². The van der Waals surface area contributed by atoms with E-state index in [1.54, 1.807) is 32.0 Å². The lowest BCUT2D eigenvalue weighted by Gasteiger charge is -2.21. The van der Waals surface area contributed by atoms with Crippen LogP contribution in [0.2, 0.25) is 0 Å². The smallest absolute Gasteiger partial charge is 0.342 e. The SMILES string of the molecule is CC(C)OC(=O)c1coc2ccc(C(=O)N[C@@H]3C[C@H]4CC[C@@H]3N4)cc12. The quantitative estimate of drug-likeness (QED) is 0.835. The summed E-state index contributed by atoms with van der Waals surface area (Å²) < 4.78 is 10.7. The first-order valence-electron chi connectivity index (χ1n) is 8.80. The van der Waals surface area contributed by atoms with Crippen molar-refractivity contribution in [1.82, 2.24) is 10.6 Å². The second-order valence-electron chi connectivity index (χ2n) is 7.18. The van der Waals surface area contributed by atoms with Crippen molar-refractivity contribution in [2.75, 3.05) is 0 Å². The number of benzene rings is 1. The summed E-state index contributed by atoms with van der Waals surface area (Å²) >= 11 is 0. The molecule has 2 aliphatic rings. The van der Waals surface area contributed by atoms with Gasteiger partial charge >= 0.3 is 5.97 Å². The first-order chi connectivity index (χ1) is 12.0. The molecule has 3 heterocycles. The van der Waals surface area contributed by atoms with Crippen LogP contribution in [-0.4, -0.2) is 36.1 Å². The molecule has 1 aromatic heterocycles. The number of fused-ring (bicyclic) bond motifs is 3. The van der Waals surface area contributed by atoms with Gasteiger partial charge in [-0.2, -0.15) is 0 Å². The molecule has 2 aromatic rings. The minimum Gasteiger partial charge on any atom is -0.463 e. The number of carbonyl (C=O) groups is 2. The van der Waals surface area contributed by atoms with E-state index in [4.69, 9.17) is 9.15 Å². The molecule has 0 spiro atoms. The molecule has 2 fully saturated rings. The van der Waals surface area contributed by atoms with E-state index in [9.17, 15) is 9.59 Å². The number of ether oxygens (including phenoxy) is 1. The van der Waals surface area contributed by atoms with Crippen molar-refractivity contribution in [2.24, 2.45) is 0 Å². The van der Waals surface area contributed by atoms with Crippen LogP contribution in [-0.2, 0) is 4.74 Å². The van der Waals surface area contributed by atoms with Gasteiger partial charge < -0.3 is 19.8 Å². The maximum atomic E-state index is 12.6. The van der Waals surface area contributed by atoms with Crippen molar-refractivity contribution >= 4 is 22.8 Å². The first-order valence-corrected chi connectivity index (χ1v) is 8.80. The number of hydrogen-bond acceptors (Lipinski definition) is 5. The second kappa shape index (κ2) is 6.19. The molecular weight excluding hydrogens is 320 g/mol. The summed E-state index contributed by atoms with van der Waals surface area (Å²) in [4.78, 5) is 24.8. The van der Waals surface area contributed by atoms with Gasteiger partial charge in [0.15, 0.2) is 0 Å². The van der Waals surface area contributed by atoms with E-state index in [1.165, 1.54) is 12.7 Å². The van der Waals surface area contributed by atoms with E-state index >= 15 is 0 Å². The van der Waals surface area contributed by atoms with Crippen molar-refractivity contribution in [1.29, 1.82) is 0 Å². The summed E-state index contributed by atoms with van der Waals surface area (Å²) in [5.41, 5.74) is 1.43. The minimum absolute atomic E-state index is 0.120. The van der Waals surface area contributed by atoms with Crippen LogP contribution in [0.15, 0.2) is 28.9 Å². The summed E-state index contributed by atoms with van der Waals surface area (Å²) in [5, 5.41) is 7.23. The van der Waals surface area contributed by atoms with Gasteiger partial charge in [0.05, 0.1) is 6.10 Å². The van der Waals surface area contributed by atoms with Gasteiger partial charge in [-0.15, -0.1) is 0 Å². The number of nitrogens with one attached hydrogen (secondary N) is 2. The third-order valence-corrected chi connectivity index (χ3v) is 5.01. The van der Waals surface area contributed by atoms with Crippen LogP contribution >= 0.6 is 0 Å². The molecule has 1 aromatic carbocycles. The standard InChI is InChI=1S/C19H22N2O4/c1-10(2)25-19(23)14-9-24-17-6-3-11(7-13(14)17)18(22)21-16-8-12-4-5-15(16)20-12/h3,6-7,9-10,12,15-16,20H,4-5,8H2,1-2H3,(H,21,22)/t12-,15+,16-/m1/s1. The van der Waals surface area contributed by atoms with Gasteiger partial charge in [-0.05, 0) is 51.3 Å². The Bertz CT molecular complexity index is 826. The van der Waals surface area contributed by atoms with Gasteiger partial charge in [0.2, 0.25) is 0 Å². The summed E-state index contributed by atoms with van der Waals surface area (Å²) in [6, 6.07) is 6.23. The molecular formula is C19H22N2O4. The highest BCUT2D eigenvalue weighted by Gasteiger charge is 2.39. The zero-order valence-corrected chi connectivity index (χ0v) is 14.4. The number of hydrogen-bond donors (Lipinski definition) is 2. The van der Waals surface area contributed by atoms with Crippen molar-refractivity contribution in [2.45, 2.75) is 57.3 Å². The molecule has 6 heteroatoms. The fourth-order valence-electron chi connectivity index (χ4n) is 3.84. The highest BCUT2D eigenvalue weighted by molar-refractivity contribution is 6.06. The molecule has 25 heavy (non-hydrogen) atoms. The van der Waals surface area contributed by atoms with Gasteiger partial charge in [0.25, 0.3) is 5.91 Å². The van der Waals surface area contributed by atoms with Crippen LogP contribution in [0.25, 0.3) is 11.0 Å². The Hall–Kier alpha value is -2.34. The summed E-state index contributed by atoms with van der Waals surface area (Å²) in [7, 11) is 0. The Morgan fingerprint density at radius 3 is 2.84 bits per heavy atom. The Labute approximate surface area is 145 Å². The van der Waals surface area contributed by atoms with E-state index in [0.29, 0.717) is 34.2 Å². The van der Waals surface area contributed by atoms with Crippen molar-refractivity contribution < 1.29 is 18.7 Å². The molecule has 0 saturated carbocycles. The number of carbonyl (C=O) groups excluding carboxylic acids is 2. The number of rotatable bonds is 4. The molecule has 0 radical (unpaired) electrons. The zero-order chi connectivity index (χ0) is 17.6. The van der Waals surface area contributed by atoms with Gasteiger partial charge in [-0.3, -0.25) is 4.79 Å². The molecule has 4 rings (SSSR count). The number of esters is 1. The average Bonchev–Trinajstić information content (AvgIpc) is 3.28. The molecule has 132 valence electrons. The fraction of sp³-hybridized carbons (Fsp3) is 0.474. The summed E-state index contributed by atoms with van der Waals surface area (Å²) in [6.45, 7) is 3.59. The number of amides is 1. The van der Waals surface area contributed by atoms with Crippen molar-refractivity contribution in [3.8, 4) is 0 Å². The number of furan rings is 1. The zero-order valence-electron chi connectivity index (χ0n) is 14.4. The van der Waals surface area contributed by atoms with Crippen LogP contribution in [0.1, 0.15) is 53.8 Å². The molecule has 2 saturated heterocycles. The van der Waals surface area contributed by atoms with Gasteiger partial charge in [-0.25, -0.2) is 4.79 Å². The maximum absolute atomic E-state index is 12.6. The monoisotopic (exact) mass is 342 g/mol. The Balaban J connectivity index is 1.55. The van der Waals surface area contributed by atoms with E-state index in [1.807, 2.05) is 0 Å². The van der Waals surface area contributed by atoms with Crippen LogP contribution in [0.5, 0.6) is 0 Å². The van der Waals surface area contributed by atoms with Gasteiger partial charge in [0, 0.05) is 29.1 Å². The lowest BCUT2D eigenvalue weighted by Crippen LogP contribution is -2.42. The van der Waals surface area contributed by atoms with E-state index in [-0.39, 0.29) is 18.1 Å². The first kappa shape index (κ1) is 16.1. The highest BCUT2D eigenvalue weighted by Crippen LogP contribution is 2.29. The minimum atomic E-state index is -0.441. The van der Waals surface area contributed by atoms with E-state index < -0.39 is 5.97 Å². The van der Waals surface area contributed by atoms with E-state index in [2.05, 4.69) is 10.6 Å². The normalized spacial score (nSPS) is 24.8. The predicted octanol–water partition coefficient (Wildman–Crippen LogP) is 2.62. The Kier molecular flexibility index (Phi) is 4.00. The molecule has 2 bridgehead atoms. The topological polar surface area (TPSA) is 80.6 Å². The molecule has 6 nitrogen and oxygen atoms in total. The Morgan fingerprint density at radius 2 is 2.16 bits per heavy atom. The molecule has 2 aliphatic heterocycles. The molecule has 0 unspecified atom stereocenters. The second-order valence-corrected chi connectivity index (χ2v) is 7.18. The largest absolute Gasteiger partial charge is 0.463 e. The molecule has 3 atom stereocenters. The van der Waals surface area contributed by atoms with Crippen molar-refractivity contribution in [3.05, 3.63) is 35.6 Å². The lowest BCUT2D eigenvalue weighted by atomic mass is 9.95. The molecule has 2 N–H and O–H groups in total. The van der Waals surface area contributed by atoms with Crippen LogP contribution < -0.4 is 10.6 Å². The lowest BCUT2D eigenvalue weighted by molar-refractivity contribution is 0.0379. The van der Waals surface area contributed by atoms with Crippen LogP contribution in [0.3, 0.4) is 0 Å². The molecule has 0 aliphatic carbocycles. The molecule has 1 amide bonds. The average molecular weight is 342 g/mol. The van der Waals surface area contributed by atoms with E-state index in [0.717, 1.165) is 12.8 Å². The van der Waals surface area contributed by atoms with Crippen molar-refractivity contribution in [3.63, 3.8) is 0 Å². The third-order valence-electron chi connectivity index (χ3n) is 5.01. The Morgan fingerprint density at radius 1 is 1.32 bits per heavy atom. The maximum Gasteiger partial charge on any atom is 0.342 e.